The van der Waals surface area contributed by atoms with E-state index in [2.05, 4.69) is 0 Å². The van der Waals surface area contributed by atoms with Gasteiger partial charge in [0.2, 0.25) is 10.0 Å². The van der Waals surface area contributed by atoms with Crippen LogP contribution < -0.4 is 0 Å². The van der Waals surface area contributed by atoms with Gasteiger partial charge in [-0.3, -0.25) is 0 Å². The van der Waals surface area contributed by atoms with E-state index in [9.17, 15) is 16.8 Å². The minimum atomic E-state index is -3.42. The Hall–Kier alpha value is -0.480. The summed E-state index contributed by atoms with van der Waals surface area (Å²) in [6, 6.07) is 3.18. The molecule has 1 saturated heterocycles. The highest BCUT2D eigenvalue weighted by atomic mass is 32.2. The lowest BCUT2D eigenvalue weighted by atomic mass is 10.1. The summed E-state index contributed by atoms with van der Waals surface area (Å²) in [6.07, 6.45) is 2.21. The molecule has 0 atom stereocenters. The summed E-state index contributed by atoms with van der Waals surface area (Å²) < 4.78 is 50.7. The fourth-order valence-corrected chi connectivity index (χ4v) is 5.62. The molecule has 1 aromatic rings. The first-order chi connectivity index (χ1) is 9.23. The maximum absolute atomic E-state index is 12.3. The van der Waals surface area contributed by atoms with Crippen molar-refractivity contribution < 1.29 is 16.8 Å². The number of thiophene rings is 1. The van der Waals surface area contributed by atoms with Gasteiger partial charge in [-0.2, -0.15) is 4.31 Å². The van der Waals surface area contributed by atoms with Crippen molar-refractivity contribution in [2.75, 3.05) is 26.4 Å². The molecule has 0 radical (unpaired) electrons. The third-order valence-electron chi connectivity index (χ3n) is 3.55. The second-order valence-corrected chi connectivity index (χ2v) is 10.0. The second kappa shape index (κ2) is 5.72. The smallest absolute Gasteiger partial charge is 0.213 e. The fourth-order valence-electron chi connectivity index (χ4n) is 2.25. The van der Waals surface area contributed by atoms with Crippen molar-refractivity contribution in [3.63, 3.8) is 0 Å². The lowest BCUT2D eigenvalue weighted by molar-refractivity contribution is 0.239. The van der Waals surface area contributed by atoms with E-state index in [1.807, 2.05) is 0 Å². The van der Waals surface area contributed by atoms with Crippen molar-refractivity contribution in [1.29, 1.82) is 0 Å². The van der Waals surface area contributed by atoms with E-state index >= 15 is 0 Å². The molecule has 114 valence electrons. The van der Waals surface area contributed by atoms with Crippen LogP contribution in [0.5, 0.6) is 0 Å². The van der Waals surface area contributed by atoms with Gasteiger partial charge in [0.1, 0.15) is 4.21 Å². The number of nitrogens with zero attached hydrogens (tertiary/aromatic N) is 2. The first kappa shape index (κ1) is 15.9. The van der Waals surface area contributed by atoms with Crippen LogP contribution in [0.1, 0.15) is 12.8 Å². The van der Waals surface area contributed by atoms with Crippen LogP contribution in [0.15, 0.2) is 21.7 Å². The van der Waals surface area contributed by atoms with Crippen LogP contribution in [0, 0.1) is 0 Å². The molecular weight excluding hydrogens is 320 g/mol. The number of rotatable bonds is 4. The van der Waals surface area contributed by atoms with Gasteiger partial charge in [0, 0.05) is 26.2 Å². The highest BCUT2D eigenvalue weighted by Crippen LogP contribution is 2.25. The van der Waals surface area contributed by atoms with Crippen molar-refractivity contribution in [3.05, 3.63) is 17.5 Å². The summed E-state index contributed by atoms with van der Waals surface area (Å²) in [6.45, 7) is 0.704. The maximum Gasteiger partial charge on any atom is 0.252 e. The van der Waals surface area contributed by atoms with Crippen LogP contribution in [0.2, 0.25) is 0 Å². The monoisotopic (exact) mass is 338 g/mol. The third-order valence-corrected chi connectivity index (χ3v) is 8.17. The van der Waals surface area contributed by atoms with Gasteiger partial charge >= 0.3 is 0 Å². The Morgan fingerprint density at radius 3 is 2.30 bits per heavy atom. The third kappa shape index (κ3) is 3.22. The first-order valence-electron chi connectivity index (χ1n) is 6.19. The van der Waals surface area contributed by atoms with E-state index in [0.717, 1.165) is 0 Å². The SMILES string of the molecule is CN(C1CCN(S(=O)(=O)c2cccs2)CC1)S(C)(=O)=O. The van der Waals surface area contributed by atoms with Crippen LogP contribution in [0.4, 0.5) is 0 Å². The summed E-state index contributed by atoms with van der Waals surface area (Å²) in [5.74, 6) is 0. The zero-order chi connectivity index (χ0) is 15.0. The second-order valence-electron chi connectivity index (χ2n) is 4.85. The largest absolute Gasteiger partial charge is 0.252 e. The van der Waals surface area contributed by atoms with Crippen molar-refractivity contribution in [1.82, 2.24) is 8.61 Å². The van der Waals surface area contributed by atoms with E-state index < -0.39 is 20.0 Å². The molecule has 0 bridgehead atoms. The summed E-state index contributed by atoms with van der Waals surface area (Å²) >= 11 is 1.20. The maximum atomic E-state index is 12.3. The molecule has 1 aromatic heterocycles. The zero-order valence-corrected chi connectivity index (χ0v) is 13.8. The Labute approximate surface area is 124 Å². The molecular formula is C11H18N2O4S3. The van der Waals surface area contributed by atoms with Gasteiger partial charge < -0.3 is 0 Å². The lowest BCUT2D eigenvalue weighted by Gasteiger charge is -2.34. The van der Waals surface area contributed by atoms with Gasteiger partial charge in [-0.15, -0.1) is 11.3 Å². The van der Waals surface area contributed by atoms with Crippen molar-refractivity contribution in [3.8, 4) is 0 Å². The molecule has 20 heavy (non-hydrogen) atoms. The molecule has 1 fully saturated rings. The molecule has 6 nitrogen and oxygen atoms in total. The topological polar surface area (TPSA) is 74.8 Å². The molecule has 1 aliphatic heterocycles. The Bertz CT molecular complexity index is 644. The molecule has 0 saturated carbocycles. The van der Waals surface area contributed by atoms with E-state index in [1.165, 1.54) is 26.2 Å². The van der Waals surface area contributed by atoms with Crippen LogP contribution in [0.3, 0.4) is 0 Å². The highest BCUT2D eigenvalue weighted by molar-refractivity contribution is 7.91. The number of hydrogen-bond donors (Lipinski definition) is 0. The molecule has 2 rings (SSSR count). The van der Waals surface area contributed by atoms with E-state index in [1.54, 1.807) is 24.6 Å². The van der Waals surface area contributed by atoms with E-state index in [-0.39, 0.29) is 6.04 Å². The average Bonchev–Trinajstić information content (AvgIpc) is 2.91. The van der Waals surface area contributed by atoms with Crippen molar-refractivity contribution in [2.45, 2.75) is 23.1 Å². The first-order valence-corrected chi connectivity index (χ1v) is 10.4. The van der Waals surface area contributed by atoms with Crippen LogP contribution >= 0.6 is 11.3 Å². The molecule has 0 aliphatic carbocycles. The van der Waals surface area contributed by atoms with Crippen molar-refractivity contribution in [2.24, 2.45) is 0 Å². The Morgan fingerprint density at radius 1 is 1.25 bits per heavy atom. The standard InChI is InChI=1S/C11H18N2O4S3/c1-12(19(2,14)15)10-5-7-13(8-6-10)20(16,17)11-4-3-9-18-11/h3-4,9-10H,5-8H2,1-2H3. The molecule has 0 amide bonds. The zero-order valence-electron chi connectivity index (χ0n) is 11.4. The molecule has 0 N–H and O–H groups in total. The molecule has 0 aromatic carbocycles. The molecule has 1 aliphatic rings. The number of hydrogen-bond acceptors (Lipinski definition) is 5. The van der Waals surface area contributed by atoms with E-state index in [0.29, 0.717) is 30.1 Å². The van der Waals surface area contributed by atoms with Gasteiger partial charge in [-0.05, 0) is 24.3 Å². The fraction of sp³-hybridized carbons (Fsp3) is 0.636. The lowest BCUT2D eigenvalue weighted by Crippen LogP contribution is -2.46. The number of piperidine rings is 1. The Balaban J connectivity index is 2.06. The number of sulfonamides is 2. The summed E-state index contributed by atoms with van der Waals surface area (Å²) in [5.41, 5.74) is 0. The van der Waals surface area contributed by atoms with Crippen LogP contribution in [0.25, 0.3) is 0 Å². The Morgan fingerprint density at radius 2 is 1.85 bits per heavy atom. The predicted octanol–water partition coefficient (Wildman–Crippen LogP) is 0.793. The van der Waals surface area contributed by atoms with Crippen LogP contribution in [-0.4, -0.2) is 57.9 Å². The summed E-state index contributed by atoms with van der Waals surface area (Å²) in [5, 5.41) is 1.73. The summed E-state index contributed by atoms with van der Waals surface area (Å²) in [4.78, 5) is 0. The molecule has 0 unspecified atom stereocenters. The average molecular weight is 338 g/mol. The van der Waals surface area contributed by atoms with Crippen LogP contribution in [-0.2, 0) is 20.0 Å². The summed E-state index contributed by atoms with van der Waals surface area (Å²) in [7, 11) is -5.11. The normalized spacial score (nSPS) is 19.6. The minimum Gasteiger partial charge on any atom is -0.213 e. The van der Waals surface area contributed by atoms with Gasteiger partial charge in [0.05, 0.1) is 6.26 Å². The molecule has 0 spiro atoms. The minimum absolute atomic E-state index is 0.125. The van der Waals surface area contributed by atoms with Gasteiger partial charge in [0.15, 0.2) is 0 Å². The molecule has 2 heterocycles. The quantitative estimate of drug-likeness (QED) is 0.813. The van der Waals surface area contributed by atoms with Crippen molar-refractivity contribution >= 4 is 31.4 Å². The van der Waals surface area contributed by atoms with Gasteiger partial charge in [-0.1, -0.05) is 6.07 Å². The Kier molecular flexibility index (Phi) is 4.55. The van der Waals surface area contributed by atoms with Gasteiger partial charge in [0.25, 0.3) is 10.0 Å². The highest BCUT2D eigenvalue weighted by Gasteiger charge is 2.33. The van der Waals surface area contributed by atoms with Gasteiger partial charge in [-0.25, -0.2) is 21.1 Å². The predicted molar refractivity (Wildman–Crippen MR) is 78.7 cm³/mol. The molecule has 9 heteroatoms. The van der Waals surface area contributed by atoms with E-state index in [4.69, 9.17) is 0 Å².